The summed E-state index contributed by atoms with van der Waals surface area (Å²) >= 11 is 0. The summed E-state index contributed by atoms with van der Waals surface area (Å²) in [5.41, 5.74) is 1.70. The Kier molecular flexibility index (Phi) is 6.34. The number of likely N-dealkylation sites (tertiary alicyclic amines) is 1. The minimum atomic E-state index is -0.264. The summed E-state index contributed by atoms with van der Waals surface area (Å²) in [6, 6.07) is 17.0. The SMILES string of the molecule is COc1ccc(C2CN(C(=O)c3ccccc3)CC2C(=O)NCC(C)C)cc1. The lowest BCUT2D eigenvalue weighted by Crippen LogP contribution is -2.37. The Bertz CT molecular complexity index is 802. The van der Waals surface area contributed by atoms with Gasteiger partial charge >= 0.3 is 0 Å². The van der Waals surface area contributed by atoms with E-state index >= 15 is 0 Å². The maximum absolute atomic E-state index is 12.9. The number of hydrogen-bond acceptors (Lipinski definition) is 3. The van der Waals surface area contributed by atoms with E-state index in [4.69, 9.17) is 4.74 Å². The summed E-state index contributed by atoms with van der Waals surface area (Å²) in [7, 11) is 1.63. The van der Waals surface area contributed by atoms with Crippen LogP contribution in [-0.2, 0) is 4.79 Å². The topological polar surface area (TPSA) is 58.6 Å². The lowest BCUT2D eigenvalue weighted by Gasteiger charge is -2.19. The van der Waals surface area contributed by atoms with Crippen molar-refractivity contribution in [3.05, 3.63) is 65.7 Å². The number of nitrogens with one attached hydrogen (secondary N) is 1. The van der Waals surface area contributed by atoms with Crippen molar-refractivity contribution >= 4 is 11.8 Å². The summed E-state index contributed by atoms with van der Waals surface area (Å²) in [5, 5.41) is 3.04. The van der Waals surface area contributed by atoms with Crippen LogP contribution in [0.5, 0.6) is 5.75 Å². The van der Waals surface area contributed by atoms with Gasteiger partial charge in [0.15, 0.2) is 0 Å². The molecule has 0 saturated carbocycles. The van der Waals surface area contributed by atoms with Crippen LogP contribution >= 0.6 is 0 Å². The molecule has 3 rings (SSSR count). The third-order valence-electron chi connectivity index (χ3n) is 5.19. The molecule has 0 bridgehead atoms. The fourth-order valence-electron chi connectivity index (χ4n) is 3.62. The van der Waals surface area contributed by atoms with Crippen molar-refractivity contribution in [1.82, 2.24) is 10.2 Å². The van der Waals surface area contributed by atoms with Crippen molar-refractivity contribution < 1.29 is 14.3 Å². The number of hydrogen-bond donors (Lipinski definition) is 1. The average molecular weight is 380 g/mol. The molecule has 28 heavy (non-hydrogen) atoms. The molecule has 1 aliphatic heterocycles. The first-order valence-corrected chi connectivity index (χ1v) is 9.75. The van der Waals surface area contributed by atoms with Crippen molar-refractivity contribution in [2.75, 3.05) is 26.7 Å². The Labute approximate surface area is 166 Å². The molecule has 1 fully saturated rings. The number of amides is 2. The van der Waals surface area contributed by atoms with E-state index in [0.717, 1.165) is 11.3 Å². The molecular weight excluding hydrogens is 352 g/mol. The first-order chi connectivity index (χ1) is 13.5. The van der Waals surface area contributed by atoms with E-state index < -0.39 is 0 Å². The zero-order valence-electron chi connectivity index (χ0n) is 16.7. The average Bonchev–Trinajstić information content (AvgIpc) is 3.17. The van der Waals surface area contributed by atoms with Crippen molar-refractivity contribution in [2.24, 2.45) is 11.8 Å². The Morgan fingerprint density at radius 1 is 1.07 bits per heavy atom. The van der Waals surface area contributed by atoms with Gasteiger partial charge in [-0.05, 0) is 35.7 Å². The smallest absolute Gasteiger partial charge is 0.253 e. The van der Waals surface area contributed by atoms with Crippen LogP contribution in [0.2, 0.25) is 0 Å². The van der Waals surface area contributed by atoms with Crippen LogP contribution < -0.4 is 10.1 Å². The highest BCUT2D eigenvalue weighted by Crippen LogP contribution is 2.34. The van der Waals surface area contributed by atoms with Crippen LogP contribution in [0.3, 0.4) is 0 Å². The molecule has 2 atom stereocenters. The quantitative estimate of drug-likeness (QED) is 0.836. The van der Waals surface area contributed by atoms with Gasteiger partial charge in [-0.3, -0.25) is 9.59 Å². The van der Waals surface area contributed by atoms with Gasteiger partial charge in [0, 0.05) is 31.1 Å². The van der Waals surface area contributed by atoms with Crippen LogP contribution in [0.15, 0.2) is 54.6 Å². The van der Waals surface area contributed by atoms with Crippen LogP contribution in [-0.4, -0.2) is 43.5 Å². The van der Waals surface area contributed by atoms with E-state index in [9.17, 15) is 9.59 Å². The maximum Gasteiger partial charge on any atom is 0.253 e. The van der Waals surface area contributed by atoms with E-state index in [0.29, 0.717) is 31.1 Å². The number of methoxy groups -OCH3 is 1. The molecule has 2 amide bonds. The molecule has 0 radical (unpaired) electrons. The Balaban J connectivity index is 1.83. The van der Waals surface area contributed by atoms with E-state index in [-0.39, 0.29) is 23.7 Å². The molecule has 2 aromatic carbocycles. The first kappa shape index (κ1) is 19.9. The normalized spacial score (nSPS) is 18.9. The van der Waals surface area contributed by atoms with E-state index in [1.54, 1.807) is 12.0 Å². The van der Waals surface area contributed by atoms with Gasteiger partial charge in [0.1, 0.15) is 5.75 Å². The summed E-state index contributed by atoms with van der Waals surface area (Å²) in [6.45, 7) is 5.73. The second-order valence-electron chi connectivity index (χ2n) is 7.70. The third kappa shape index (κ3) is 4.53. The monoisotopic (exact) mass is 380 g/mol. The fraction of sp³-hybridized carbons (Fsp3) is 0.391. The van der Waals surface area contributed by atoms with Crippen LogP contribution in [0.1, 0.15) is 35.7 Å². The van der Waals surface area contributed by atoms with Crippen molar-refractivity contribution in [1.29, 1.82) is 0 Å². The predicted molar refractivity (Wildman–Crippen MR) is 109 cm³/mol. The number of ether oxygens (including phenoxy) is 1. The highest BCUT2D eigenvalue weighted by atomic mass is 16.5. The van der Waals surface area contributed by atoms with Crippen molar-refractivity contribution in [3.63, 3.8) is 0 Å². The fourth-order valence-corrected chi connectivity index (χ4v) is 3.62. The Morgan fingerprint density at radius 3 is 2.36 bits per heavy atom. The van der Waals surface area contributed by atoms with E-state index in [1.807, 2.05) is 54.6 Å². The second-order valence-corrected chi connectivity index (χ2v) is 7.70. The minimum Gasteiger partial charge on any atom is -0.497 e. The highest BCUT2D eigenvalue weighted by Gasteiger charge is 2.40. The van der Waals surface area contributed by atoms with E-state index in [1.165, 1.54) is 0 Å². The standard InChI is InChI=1S/C23H28N2O3/c1-16(2)13-24-22(26)21-15-25(23(27)18-7-5-4-6-8-18)14-20(21)17-9-11-19(28-3)12-10-17/h4-12,16,20-21H,13-15H2,1-3H3,(H,24,26). The molecule has 2 aromatic rings. The number of rotatable bonds is 6. The molecule has 0 aromatic heterocycles. The van der Waals surface area contributed by atoms with Gasteiger partial charge in [0.05, 0.1) is 13.0 Å². The van der Waals surface area contributed by atoms with Crippen LogP contribution in [0, 0.1) is 11.8 Å². The lowest BCUT2D eigenvalue weighted by atomic mass is 9.88. The molecule has 148 valence electrons. The second kappa shape index (κ2) is 8.91. The molecular formula is C23H28N2O3. The number of carbonyl (C=O) groups is 2. The van der Waals surface area contributed by atoms with E-state index in [2.05, 4.69) is 19.2 Å². The zero-order valence-corrected chi connectivity index (χ0v) is 16.7. The summed E-state index contributed by atoms with van der Waals surface area (Å²) in [6.07, 6.45) is 0. The molecule has 5 heteroatoms. The first-order valence-electron chi connectivity index (χ1n) is 9.75. The zero-order chi connectivity index (χ0) is 20.1. The summed E-state index contributed by atoms with van der Waals surface area (Å²) in [4.78, 5) is 27.6. The molecule has 1 aliphatic rings. The largest absolute Gasteiger partial charge is 0.497 e. The van der Waals surface area contributed by atoms with Crippen molar-refractivity contribution in [3.8, 4) is 5.75 Å². The van der Waals surface area contributed by atoms with Crippen LogP contribution in [0.25, 0.3) is 0 Å². The van der Waals surface area contributed by atoms with Crippen molar-refractivity contribution in [2.45, 2.75) is 19.8 Å². The summed E-state index contributed by atoms with van der Waals surface area (Å²) < 4.78 is 5.24. The highest BCUT2D eigenvalue weighted by molar-refractivity contribution is 5.95. The number of benzene rings is 2. The molecule has 1 heterocycles. The van der Waals surface area contributed by atoms with Gasteiger partial charge < -0.3 is 15.0 Å². The number of carbonyl (C=O) groups excluding carboxylic acids is 2. The lowest BCUT2D eigenvalue weighted by molar-refractivity contribution is -0.125. The minimum absolute atomic E-state index is 0.0119. The molecule has 0 spiro atoms. The summed E-state index contributed by atoms with van der Waals surface area (Å²) in [5.74, 6) is 0.841. The van der Waals surface area contributed by atoms with Crippen LogP contribution in [0.4, 0.5) is 0 Å². The molecule has 1 saturated heterocycles. The molecule has 2 unspecified atom stereocenters. The maximum atomic E-state index is 12.9. The number of nitrogens with zero attached hydrogens (tertiary/aromatic N) is 1. The molecule has 1 N–H and O–H groups in total. The molecule has 0 aliphatic carbocycles. The van der Waals surface area contributed by atoms with Gasteiger partial charge in [-0.15, -0.1) is 0 Å². The van der Waals surface area contributed by atoms with Gasteiger partial charge in [-0.2, -0.15) is 0 Å². The predicted octanol–water partition coefficient (Wildman–Crippen LogP) is 3.32. The Hall–Kier alpha value is -2.82. The Morgan fingerprint density at radius 2 is 1.75 bits per heavy atom. The van der Waals surface area contributed by atoms with Gasteiger partial charge in [0.2, 0.25) is 5.91 Å². The van der Waals surface area contributed by atoms with Gasteiger partial charge in [-0.1, -0.05) is 44.2 Å². The van der Waals surface area contributed by atoms with Gasteiger partial charge in [0.25, 0.3) is 5.91 Å². The van der Waals surface area contributed by atoms with Gasteiger partial charge in [-0.25, -0.2) is 0 Å². The third-order valence-corrected chi connectivity index (χ3v) is 5.19. The molecule has 5 nitrogen and oxygen atoms in total.